The van der Waals surface area contributed by atoms with Crippen LogP contribution >= 0.6 is 11.6 Å². The predicted molar refractivity (Wildman–Crippen MR) is 55.7 cm³/mol. The molecule has 1 rings (SSSR count). The van der Waals surface area contributed by atoms with Crippen molar-refractivity contribution in [1.82, 2.24) is 9.97 Å². The van der Waals surface area contributed by atoms with E-state index in [0.29, 0.717) is 11.0 Å². The first kappa shape index (κ1) is 11.2. The highest BCUT2D eigenvalue weighted by molar-refractivity contribution is 6.31. The molecule has 0 saturated heterocycles. The van der Waals surface area contributed by atoms with Crippen molar-refractivity contribution in [3.63, 3.8) is 0 Å². The second kappa shape index (κ2) is 4.57. The smallest absolute Gasteiger partial charge is 0.316 e. The van der Waals surface area contributed by atoms with E-state index in [-0.39, 0.29) is 12.0 Å². The molecule has 0 radical (unpaired) electrons. The molecule has 0 aliphatic heterocycles. The largest absolute Gasteiger partial charge is 0.467 e. The molecule has 0 fully saturated rings. The fourth-order valence-corrected chi connectivity index (χ4v) is 1.29. The van der Waals surface area contributed by atoms with Crippen LogP contribution in [-0.2, 0) is 0 Å². The van der Waals surface area contributed by atoms with Crippen LogP contribution in [0.15, 0.2) is 6.20 Å². The van der Waals surface area contributed by atoms with Crippen LogP contribution in [0.1, 0.15) is 25.5 Å². The monoisotopic (exact) mass is 215 g/mol. The van der Waals surface area contributed by atoms with E-state index in [2.05, 4.69) is 9.97 Å². The van der Waals surface area contributed by atoms with Crippen LogP contribution in [0.4, 0.5) is 0 Å². The Labute approximate surface area is 88.5 Å². The average molecular weight is 216 g/mol. The summed E-state index contributed by atoms with van der Waals surface area (Å²) < 4.78 is 4.92. The third kappa shape index (κ3) is 2.33. The molecule has 4 nitrogen and oxygen atoms in total. The van der Waals surface area contributed by atoms with E-state index in [9.17, 15) is 0 Å². The van der Waals surface area contributed by atoms with Gasteiger partial charge in [-0.2, -0.15) is 4.98 Å². The second-order valence-corrected chi connectivity index (χ2v) is 3.64. The van der Waals surface area contributed by atoms with Gasteiger partial charge in [0.05, 0.1) is 24.0 Å². The van der Waals surface area contributed by atoms with Crippen LogP contribution in [0.3, 0.4) is 0 Å². The quantitative estimate of drug-likeness (QED) is 0.832. The Kier molecular flexibility index (Phi) is 3.66. The summed E-state index contributed by atoms with van der Waals surface area (Å²) in [5.74, 6) is 0.0828. The third-order valence-corrected chi connectivity index (χ3v) is 2.44. The molecule has 2 unspecified atom stereocenters. The van der Waals surface area contributed by atoms with Crippen molar-refractivity contribution in [3.8, 4) is 6.01 Å². The Morgan fingerprint density at radius 3 is 2.64 bits per heavy atom. The number of hydrogen-bond donors (Lipinski definition) is 1. The van der Waals surface area contributed by atoms with Gasteiger partial charge in [-0.3, -0.25) is 0 Å². The van der Waals surface area contributed by atoms with E-state index in [4.69, 9.17) is 22.1 Å². The van der Waals surface area contributed by atoms with Gasteiger partial charge in [0, 0.05) is 12.0 Å². The van der Waals surface area contributed by atoms with Crippen molar-refractivity contribution in [2.75, 3.05) is 7.11 Å². The highest BCUT2D eigenvalue weighted by Gasteiger charge is 2.16. The normalized spacial score (nSPS) is 14.9. The van der Waals surface area contributed by atoms with E-state index in [1.807, 2.05) is 13.8 Å². The van der Waals surface area contributed by atoms with Crippen molar-refractivity contribution in [3.05, 3.63) is 16.9 Å². The topological polar surface area (TPSA) is 61.0 Å². The fraction of sp³-hybridized carbons (Fsp3) is 0.556. The highest BCUT2D eigenvalue weighted by atomic mass is 35.5. The third-order valence-electron chi connectivity index (χ3n) is 2.15. The van der Waals surface area contributed by atoms with E-state index in [0.717, 1.165) is 5.69 Å². The SMILES string of the molecule is COc1ncc(Cl)c(C(C)C(C)N)n1. The molecule has 0 bridgehead atoms. The summed E-state index contributed by atoms with van der Waals surface area (Å²) in [6, 6.07) is 0.309. The average Bonchev–Trinajstić information content (AvgIpc) is 2.17. The molecule has 0 aliphatic carbocycles. The van der Waals surface area contributed by atoms with Crippen LogP contribution in [-0.4, -0.2) is 23.1 Å². The Morgan fingerprint density at radius 1 is 1.50 bits per heavy atom. The summed E-state index contributed by atoms with van der Waals surface area (Å²) in [6.07, 6.45) is 1.53. The number of ether oxygens (including phenoxy) is 1. The van der Waals surface area contributed by atoms with E-state index >= 15 is 0 Å². The highest BCUT2D eigenvalue weighted by Crippen LogP contribution is 2.24. The molecule has 0 aliphatic rings. The van der Waals surface area contributed by atoms with Gasteiger partial charge < -0.3 is 10.5 Å². The Balaban J connectivity index is 3.05. The Hall–Kier alpha value is -0.870. The Morgan fingerprint density at radius 2 is 2.14 bits per heavy atom. The van der Waals surface area contributed by atoms with Gasteiger partial charge in [-0.25, -0.2) is 4.98 Å². The molecule has 0 spiro atoms. The van der Waals surface area contributed by atoms with Crippen molar-refractivity contribution in [2.45, 2.75) is 25.8 Å². The van der Waals surface area contributed by atoms with Crippen molar-refractivity contribution in [2.24, 2.45) is 5.73 Å². The predicted octanol–water partition coefficient (Wildman–Crippen LogP) is 1.59. The van der Waals surface area contributed by atoms with Crippen LogP contribution < -0.4 is 10.5 Å². The minimum atomic E-state index is -0.00731. The molecule has 0 saturated carbocycles. The van der Waals surface area contributed by atoms with Gasteiger partial charge in [-0.1, -0.05) is 18.5 Å². The lowest BCUT2D eigenvalue weighted by Crippen LogP contribution is -2.23. The molecule has 78 valence electrons. The standard InChI is InChI=1S/C9H14ClN3O/c1-5(6(2)11)8-7(10)4-12-9(13-8)14-3/h4-6H,11H2,1-3H3. The zero-order valence-corrected chi connectivity index (χ0v) is 9.25. The van der Waals surface area contributed by atoms with Gasteiger partial charge in [-0.05, 0) is 6.92 Å². The van der Waals surface area contributed by atoms with Gasteiger partial charge in [0.1, 0.15) is 0 Å². The van der Waals surface area contributed by atoms with Crippen LogP contribution in [0.2, 0.25) is 5.02 Å². The van der Waals surface area contributed by atoms with Crippen LogP contribution in [0, 0.1) is 0 Å². The molecular weight excluding hydrogens is 202 g/mol. The van der Waals surface area contributed by atoms with Gasteiger partial charge in [0.2, 0.25) is 0 Å². The van der Waals surface area contributed by atoms with E-state index in [1.165, 1.54) is 13.3 Å². The molecule has 2 atom stereocenters. The van der Waals surface area contributed by atoms with Gasteiger partial charge in [0.25, 0.3) is 0 Å². The van der Waals surface area contributed by atoms with Gasteiger partial charge in [0.15, 0.2) is 0 Å². The molecule has 14 heavy (non-hydrogen) atoms. The molecular formula is C9H14ClN3O. The summed E-state index contributed by atoms with van der Waals surface area (Å²) in [7, 11) is 1.52. The molecule has 0 amide bonds. The first-order valence-electron chi connectivity index (χ1n) is 4.38. The maximum atomic E-state index is 5.96. The number of aromatic nitrogens is 2. The van der Waals surface area contributed by atoms with E-state index in [1.54, 1.807) is 0 Å². The number of methoxy groups -OCH3 is 1. The number of hydrogen-bond acceptors (Lipinski definition) is 4. The minimum Gasteiger partial charge on any atom is -0.467 e. The minimum absolute atomic E-state index is 0.00731. The van der Waals surface area contributed by atoms with Crippen LogP contribution in [0.25, 0.3) is 0 Å². The second-order valence-electron chi connectivity index (χ2n) is 3.24. The zero-order chi connectivity index (χ0) is 10.7. The van der Waals surface area contributed by atoms with Crippen LogP contribution in [0.5, 0.6) is 6.01 Å². The molecule has 0 aromatic carbocycles. The number of nitrogens with two attached hydrogens (primary N) is 1. The summed E-state index contributed by atoms with van der Waals surface area (Å²) >= 11 is 5.96. The summed E-state index contributed by atoms with van der Waals surface area (Å²) in [4.78, 5) is 8.06. The van der Waals surface area contributed by atoms with Crippen molar-refractivity contribution in [1.29, 1.82) is 0 Å². The Bertz CT molecular complexity index is 317. The molecule has 1 heterocycles. The maximum Gasteiger partial charge on any atom is 0.316 e. The van der Waals surface area contributed by atoms with E-state index < -0.39 is 0 Å². The molecule has 1 aromatic heterocycles. The van der Waals surface area contributed by atoms with Crippen molar-refractivity contribution < 1.29 is 4.74 Å². The number of halogens is 1. The lowest BCUT2D eigenvalue weighted by atomic mass is 10.0. The fourth-order valence-electron chi connectivity index (χ4n) is 1.03. The lowest BCUT2D eigenvalue weighted by Gasteiger charge is -2.16. The first-order chi connectivity index (χ1) is 6.56. The lowest BCUT2D eigenvalue weighted by molar-refractivity contribution is 0.376. The summed E-state index contributed by atoms with van der Waals surface area (Å²) in [5, 5.41) is 0.524. The molecule has 1 aromatic rings. The van der Waals surface area contributed by atoms with Gasteiger partial charge >= 0.3 is 6.01 Å². The van der Waals surface area contributed by atoms with Crippen molar-refractivity contribution >= 4 is 11.6 Å². The first-order valence-corrected chi connectivity index (χ1v) is 4.76. The number of nitrogens with zero attached hydrogens (tertiary/aromatic N) is 2. The van der Waals surface area contributed by atoms with Gasteiger partial charge in [-0.15, -0.1) is 0 Å². The zero-order valence-electron chi connectivity index (χ0n) is 8.49. The summed E-state index contributed by atoms with van der Waals surface area (Å²) in [6.45, 7) is 3.88. The number of rotatable bonds is 3. The molecule has 5 heteroatoms. The molecule has 2 N–H and O–H groups in total. The maximum absolute atomic E-state index is 5.96. The summed E-state index contributed by atoms with van der Waals surface area (Å²) in [5.41, 5.74) is 6.50.